The highest BCUT2D eigenvalue weighted by Crippen LogP contribution is 2.20. The Balaban J connectivity index is 1.95. The SMILES string of the molecule is CCOC(=O)CCCNC(=O)c1c(C)nn(Cc2ccccc2)c1Cl. The average Bonchev–Trinajstić information content (AvgIpc) is 2.86. The quantitative estimate of drug-likeness (QED) is 0.578. The van der Waals surface area contributed by atoms with Crippen LogP contribution in [0.4, 0.5) is 0 Å². The second-order valence-electron chi connectivity index (χ2n) is 5.56. The topological polar surface area (TPSA) is 73.2 Å². The summed E-state index contributed by atoms with van der Waals surface area (Å²) < 4.78 is 6.46. The number of carbonyl (C=O) groups excluding carboxylic acids is 2. The van der Waals surface area contributed by atoms with Gasteiger partial charge in [-0.3, -0.25) is 9.59 Å². The van der Waals surface area contributed by atoms with E-state index >= 15 is 0 Å². The van der Waals surface area contributed by atoms with Gasteiger partial charge in [0, 0.05) is 13.0 Å². The lowest BCUT2D eigenvalue weighted by atomic mass is 10.2. The molecule has 0 fully saturated rings. The molecule has 0 aliphatic heterocycles. The Kier molecular flexibility index (Phi) is 7.01. The fraction of sp³-hybridized carbons (Fsp3) is 0.389. The van der Waals surface area contributed by atoms with Gasteiger partial charge in [0.05, 0.1) is 24.4 Å². The van der Waals surface area contributed by atoms with Crippen molar-refractivity contribution in [3.05, 3.63) is 52.3 Å². The maximum absolute atomic E-state index is 12.4. The predicted molar refractivity (Wildman–Crippen MR) is 95.7 cm³/mol. The summed E-state index contributed by atoms with van der Waals surface area (Å²) in [6.07, 6.45) is 0.785. The van der Waals surface area contributed by atoms with Gasteiger partial charge in [-0.1, -0.05) is 41.9 Å². The summed E-state index contributed by atoms with van der Waals surface area (Å²) in [5.41, 5.74) is 1.99. The smallest absolute Gasteiger partial charge is 0.305 e. The molecular weight excluding hydrogens is 342 g/mol. The largest absolute Gasteiger partial charge is 0.466 e. The molecule has 25 heavy (non-hydrogen) atoms. The third-order valence-electron chi connectivity index (χ3n) is 3.62. The highest BCUT2D eigenvalue weighted by atomic mass is 35.5. The summed E-state index contributed by atoms with van der Waals surface area (Å²) in [5.74, 6) is -0.549. The molecule has 0 aliphatic carbocycles. The first-order valence-electron chi connectivity index (χ1n) is 8.23. The minimum Gasteiger partial charge on any atom is -0.466 e. The number of carbonyl (C=O) groups is 2. The summed E-state index contributed by atoms with van der Waals surface area (Å²) in [7, 11) is 0. The molecule has 7 heteroatoms. The van der Waals surface area contributed by atoms with Crippen molar-refractivity contribution >= 4 is 23.5 Å². The van der Waals surface area contributed by atoms with E-state index in [2.05, 4.69) is 10.4 Å². The van der Waals surface area contributed by atoms with Crippen molar-refractivity contribution in [3.63, 3.8) is 0 Å². The minimum atomic E-state index is -0.286. The van der Waals surface area contributed by atoms with E-state index in [4.69, 9.17) is 16.3 Å². The van der Waals surface area contributed by atoms with Gasteiger partial charge in [0.2, 0.25) is 0 Å². The number of halogens is 1. The van der Waals surface area contributed by atoms with Crippen molar-refractivity contribution in [1.82, 2.24) is 15.1 Å². The van der Waals surface area contributed by atoms with Crippen LogP contribution >= 0.6 is 11.6 Å². The molecule has 0 radical (unpaired) electrons. The Morgan fingerprint density at radius 1 is 1.28 bits per heavy atom. The van der Waals surface area contributed by atoms with E-state index in [1.807, 2.05) is 30.3 Å². The molecule has 134 valence electrons. The van der Waals surface area contributed by atoms with E-state index in [1.54, 1.807) is 18.5 Å². The second-order valence-corrected chi connectivity index (χ2v) is 5.92. The van der Waals surface area contributed by atoms with Crippen molar-refractivity contribution < 1.29 is 14.3 Å². The van der Waals surface area contributed by atoms with Gasteiger partial charge in [-0.2, -0.15) is 5.10 Å². The first-order chi connectivity index (χ1) is 12.0. The molecule has 1 N–H and O–H groups in total. The molecule has 0 saturated heterocycles. The molecule has 0 saturated carbocycles. The first-order valence-corrected chi connectivity index (χ1v) is 8.61. The summed E-state index contributed by atoms with van der Waals surface area (Å²) in [4.78, 5) is 23.6. The molecule has 0 unspecified atom stereocenters. The number of aryl methyl sites for hydroxylation is 1. The number of aromatic nitrogens is 2. The Morgan fingerprint density at radius 2 is 2.00 bits per heavy atom. The third-order valence-corrected chi connectivity index (χ3v) is 4.00. The fourth-order valence-electron chi connectivity index (χ4n) is 2.43. The van der Waals surface area contributed by atoms with Gasteiger partial charge < -0.3 is 10.1 Å². The van der Waals surface area contributed by atoms with E-state index < -0.39 is 0 Å². The van der Waals surface area contributed by atoms with Gasteiger partial charge in [0.25, 0.3) is 5.91 Å². The molecule has 2 rings (SSSR count). The number of amides is 1. The van der Waals surface area contributed by atoms with Crippen molar-refractivity contribution in [3.8, 4) is 0 Å². The average molecular weight is 364 g/mol. The lowest BCUT2D eigenvalue weighted by Gasteiger charge is -2.06. The number of nitrogens with zero attached hydrogens (tertiary/aromatic N) is 2. The lowest BCUT2D eigenvalue weighted by Crippen LogP contribution is -2.25. The monoisotopic (exact) mass is 363 g/mol. The molecular formula is C18H22ClN3O3. The van der Waals surface area contributed by atoms with E-state index in [9.17, 15) is 9.59 Å². The molecule has 0 atom stereocenters. The zero-order valence-electron chi connectivity index (χ0n) is 14.4. The van der Waals surface area contributed by atoms with Gasteiger partial charge in [-0.25, -0.2) is 4.68 Å². The maximum atomic E-state index is 12.4. The number of ether oxygens (including phenoxy) is 1. The molecule has 0 bridgehead atoms. The summed E-state index contributed by atoms with van der Waals surface area (Å²) >= 11 is 6.34. The second kappa shape index (κ2) is 9.22. The molecule has 2 aromatic rings. The lowest BCUT2D eigenvalue weighted by molar-refractivity contribution is -0.143. The molecule has 1 aromatic carbocycles. The normalized spacial score (nSPS) is 10.5. The number of esters is 1. The van der Waals surface area contributed by atoms with Crippen LogP contribution in [-0.2, 0) is 16.1 Å². The number of benzene rings is 1. The summed E-state index contributed by atoms with van der Waals surface area (Å²) in [6, 6.07) is 9.77. The first kappa shape index (κ1) is 19.0. The Hall–Kier alpha value is -2.34. The Bertz CT molecular complexity index is 729. The van der Waals surface area contributed by atoms with E-state index in [0.29, 0.717) is 42.5 Å². The summed E-state index contributed by atoms with van der Waals surface area (Å²) in [5, 5.41) is 7.44. The van der Waals surface area contributed by atoms with Crippen LogP contribution in [0.3, 0.4) is 0 Å². The fourth-order valence-corrected chi connectivity index (χ4v) is 2.75. The number of hydrogen-bond donors (Lipinski definition) is 1. The molecule has 1 amide bonds. The van der Waals surface area contributed by atoms with Crippen LogP contribution in [0.15, 0.2) is 30.3 Å². The van der Waals surface area contributed by atoms with Crippen molar-refractivity contribution in [2.24, 2.45) is 0 Å². The minimum absolute atomic E-state index is 0.262. The predicted octanol–water partition coefficient (Wildman–Crippen LogP) is 2.97. The van der Waals surface area contributed by atoms with Crippen LogP contribution in [0.1, 0.15) is 41.4 Å². The highest BCUT2D eigenvalue weighted by Gasteiger charge is 2.20. The van der Waals surface area contributed by atoms with Gasteiger partial charge in [0.15, 0.2) is 0 Å². The highest BCUT2D eigenvalue weighted by molar-refractivity contribution is 6.33. The Morgan fingerprint density at radius 3 is 2.68 bits per heavy atom. The molecule has 6 nitrogen and oxygen atoms in total. The molecule has 1 heterocycles. The van der Waals surface area contributed by atoms with Crippen LogP contribution < -0.4 is 5.32 Å². The maximum Gasteiger partial charge on any atom is 0.305 e. The van der Waals surface area contributed by atoms with Crippen molar-refractivity contribution in [1.29, 1.82) is 0 Å². The van der Waals surface area contributed by atoms with Crippen LogP contribution in [0.5, 0.6) is 0 Å². The van der Waals surface area contributed by atoms with Crippen molar-refractivity contribution in [2.45, 2.75) is 33.2 Å². The van der Waals surface area contributed by atoms with Crippen LogP contribution in [-0.4, -0.2) is 34.8 Å². The van der Waals surface area contributed by atoms with Gasteiger partial charge >= 0.3 is 5.97 Å². The van der Waals surface area contributed by atoms with Crippen LogP contribution in [0, 0.1) is 6.92 Å². The molecule has 1 aromatic heterocycles. The van der Waals surface area contributed by atoms with Gasteiger partial charge in [0.1, 0.15) is 5.15 Å². The Labute approximate surface area is 152 Å². The molecule has 0 spiro atoms. The van der Waals surface area contributed by atoms with Crippen LogP contribution in [0.25, 0.3) is 0 Å². The van der Waals surface area contributed by atoms with Gasteiger partial charge in [-0.15, -0.1) is 0 Å². The van der Waals surface area contributed by atoms with Crippen LogP contribution in [0.2, 0.25) is 5.15 Å². The zero-order chi connectivity index (χ0) is 18.2. The standard InChI is InChI=1S/C18H22ClN3O3/c1-3-25-15(23)10-7-11-20-18(24)16-13(2)21-22(17(16)19)12-14-8-5-4-6-9-14/h4-6,8-9H,3,7,10-12H2,1-2H3,(H,20,24). The van der Waals surface area contributed by atoms with E-state index in [-0.39, 0.29) is 18.3 Å². The molecule has 0 aliphatic rings. The van der Waals surface area contributed by atoms with E-state index in [0.717, 1.165) is 5.56 Å². The summed E-state index contributed by atoms with van der Waals surface area (Å²) in [6.45, 7) is 4.74. The van der Waals surface area contributed by atoms with Crippen molar-refractivity contribution in [2.75, 3.05) is 13.2 Å². The van der Waals surface area contributed by atoms with Gasteiger partial charge in [-0.05, 0) is 25.8 Å². The van der Waals surface area contributed by atoms with E-state index in [1.165, 1.54) is 0 Å². The zero-order valence-corrected chi connectivity index (χ0v) is 15.2. The number of nitrogens with one attached hydrogen (secondary N) is 1. The number of rotatable bonds is 8. The third kappa shape index (κ3) is 5.32. The number of hydrogen-bond acceptors (Lipinski definition) is 4.